The normalized spacial score (nSPS) is 11.2. The molecule has 0 amide bonds. The Morgan fingerprint density at radius 2 is 1.82 bits per heavy atom. The number of rotatable bonds is 8. The van der Waals surface area contributed by atoms with E-state index in [4.69, 9.17) is 9.15 Å². The van der Waals surface area contributed by atoms with Crippen LogP contribution in [0.25, 0.3) is 32.5 Å². The first kappa shape index (κ1) is 21.0. The second-order valence-corrected chi connectivity index (χ2v) is 8.66. The van der Waals surface area contributed by atoms with Crippen LogP contribution in [0.2, 0.25) is 0 Å². The summed E-state index contributed by atoms with van der Waals surface area (Å²) in [6.45, 7) is 1.27. The lowest BCUT2D eigenvalue weighted by molar-refractivity contribution is 0.307. The van der Waals surface area contributed by atoms with Crippen molar-refractivity contribution in [1.82, 2.24) is 4.98 Å². The van der Waals surface area contributed by atoms with Crippen LogP contribution >= 0.6 is 11.3 Å². The van der Waals surface area contributed by atoms with Crippen molar-refractivity contribution in [2.24, 2.45) is 0 Å². The Bertz CT molecular complexity index is 1430. The predicted octanol–water partition coefficient (Wildman–Crippen LogP) is 6.05. The number of hydrogen-bond donors (Lipinski definition) is 2. The molecule has 2 N–H and O–H groups in total. The standard InChI is InChI=1S/C26H22N2O4S/c29-20-14-18(15-23-25(20)21(30)16-22(32-23)17-8-2-1-3-9-17)31-13-7-6-12-27-26-28-19-10-4-5-11-24(19)33-26/h1-5,8-11,14-16,29H,6-7,12-13H2,(H,27,28). The van der Waals surface area contributed by atoms with E-state index in [1.54, 1.807) is 17.4 Å². The average Bonchev–Trinajstić information content (AvgIpc) is 3.24. The van der Waals surface area contributed by atoms with Gasteiger partial charge < -0.3 is 19.6 Å². The molecule has 33 heavy (non-hydrogen) atoms. The van der Waals surface area contributed by atoms with Crippen molar-refractivity contribution in [3.8, 4) is 22.8 Å². The van der Waals surface area contributed by atoms with Crippen LogP contribution in [0.15, 0.2) is 82.0 Å². The van der Waals surface area contributed by atoms with E-state index in [1.807, 2.05) is 48.5 Å². The number of benzene rings is 3. The fourth-order valence-corrected chi connectivity index (χ4v) is 4.52. The molecule has 0 atom stereocenters. The van der Waals surface area contributed by atoms with Gasteiger partial charge in [-0.3, -0.25) is 4.79 Å². The monoisotopic (exact) mass is 458 g/mol. The van der Waals surface area contributed by atoms with Crippen molar-refractivity contribution in [3.05, 3.63) is 83.0 Å². The first-order valence-corrected chi connectivity index (χ1v) is 11.6. The molecule has 166 valence electrons. The molecule has 0 unspecified atom stereocenters. The number of aromatic nitrogens is 1. The van der Waals surface area contributed by atoms with E-state index in [0.717, 1.165) is 35.6 Å². The minimum absolute atomic E-state index is 0.145. The molecule has 0 aliphatic carbocycles. The zero-order valence-corrected chi connectivity index (χ0v) is 18.6. The molecule has 0 saturated heterocycles. The molecule has 0 bridgehead atoms. The highest BCUT2D eigenvalue weighted by atomic mass is 32.1. The van der Waals surface area contributed by atoms with Gasteiger partial charge in [0.25, 0.3) is 0 Å². The maximum atomic E-state index is 12.5. The van der Waals surface area contributed by atoms with Crippen LogP contribution < -0.4 is 15.5 Å². The van der Waals surface area contributed by atoms with Crippen LogP contribution in [-0.2, 0) is 0 Å². The van der Waals surface area contributed by atoms with Crippen LogP contribution in [0.5, 0.6) is 11.5 Å². The van der Waals surface area contributed by atoms with Crippen LogP contribution in [0.1, 0.15) is 12.8 Å². The minimum Gasteiger partial charge on any atom is -0.507 e. The topological polar surface area (TPSA) is 84.6 Å². The molecule has 0 aliphatic heterocycles. The number of para-hydroxylation sites is 1. The predicted molar refractivity (Wildman–Crippen MR) is 132 cm³/mol. The molecule has 7 heteroatoms. The third-order valence-electron chi connectivity index (χ3n) is 5.25. The number of phenols is 1. The van der Waals surface area contributed by atoms with E-state index in [1.165, 1.54) is 16.8 Å². The Morgan fingerprint density at radius 3 is 2.67 bits per heavy atom. The second-order valence-electron chi connectivity index (χ2n) is 7.63. The lowest BCUT2D eigenvalue weighted by atomic mass is 10.1. The van der Waals surface area contributed by atoms with Crippen molar-refractivity contribution >= 4 is 37.7 Å². The Morgan fingerprint density at radius 1 is 1.00 bits per heavy atom. The van der Waals surface area contributed by atoms with Gasteiger partial charge in [0.05, 0.1) is 16.8 Å². The molecule has 0 fully saturated rings. The number of unbranched alkanes of at least 4 members (excludes halogenated alkanes) is 1. The minimum atomic E-state index is -0.292. The van der Waals surface area contributed by atoms with Gasteiger partial charge in [-0.05, 0) is 25.0 Å². The van der Waals surface area contributed by atoms with E-state index in [9.17, 15) is 9.90 Å². The van der Waals surface area contributed by atoms with E-state index in [0.29, 0.717) is 23.7 Å². The smallest absolute Gasteiger partial charge is 0.197 e. The summed E-state index contributed by atoms with van der Waals surface area (Å²) in [4.78, 5) is 17.1. The maximum absolute atomic E-state index is 12.5. The number of thiazole rings is 1. The number of nitrogens with one attached hydrogen (secondary N) is 1. The Labute approximate surface area is 194 Å². The van der Waals surface area contributed by atoms with Crippen molar-refractivity contribution < 1.29 is 14.3 Å². The fraction of sp³-hybridized carbons (Fsp3) is 0.154. The summed E-state index contributed by atoms with van der Waals surface area (Å²) in [5.74, 6) is 0.770. The van der Waals surface area contributed by atoms with Gasteiger partial charge in [0.1, 0.15) is 28.2 Å². The zero-order valence-electron chi connectivity index (χ0n) is 17.8. The van der Waals surface area contributed by atoms with Gasteiger partial charge in [-0.15, -0.1) is 0 Å². The molecule has 3 aromatic carbocycles. The van der Waals surface area contributed by atoms with Gasteiger partial charge in [-0.25, -0.2) is 4.98 Å². The van der Waals surface area contributed by atoms with Crippen LogP contribution in [0.4, 0.5) is 5.13 Å². The first-order valence-electron chi connectivity index (χ1n) is 10.8. The number of anilines is 1. The largest absolute Gasteiger partial charge is 0.507 e. The summed E-state index contributed by atoms with van der Waals surface area (Å²) < 4.78 is 12.9. The molecule has 2 aromatic heterocycles. The third-order valence-corrected chi connectivity index (χ3v) is 6.25. The second kappa shape index (κ2) is 9.34. The number of hydrogen-bond acceptors (Lipinski definition) is 7. The number of aromatic hydroxyl groups is 1. The summed E-state index contributed by atoms with van der Waals surface area (Å²) in [7, 11) is 0. The highest BCUT2D eigenvalue weighted by molar-refractivity contribution is 7.22. The Kier molecular flexibility index (Phi) is 5.95. The number of nitrogens with zero attached hydrogens (tertiary/aromatic N) is 1. The maximum Gasteiger partial charge on any atom is 0.197 e. The van der Waals surface area contributed by atoms with Crippen molar-refractivity contribution in [2.45, 2.75) is 12.8 Å². The summed E-state index contributed by atoms with van der Waals surface area (Å²) in [6.07, 6.45) is 1.73. The molecule has 5 aromatic rings. The lowest BCUT2D eigenvalue weighted by Gasteiger charge is -2.09. The Balaban J connectivity index is 1.20. The highest BCUT2D eigenvalue weighted by Gasteiger charge is 2.13. The van der Waals surface area contributed by atoms with Gasteiger partial charge in [-0.2, -0.15) is 0 Å². The van der Waals surface area contributed by atoms with E-state index in [-0.39, 0.29) is 16.6 Å². The molecule has 2 heterocycles. The Hall–Kier alpha value is -3.84. The first-order chi connectivity index (χ1) is 16.2. The fourth-order valence-electron chi connectivity index (χ4n) is 3.63. The van der Waals surface area contributed by atoms with Crippen LogP contribution in [-0.4, -0.2) is 23.2 Å². The van der Waals surface area contributed by atoms with Crippen molar-refractivity contribution in [1.29, 1.82) is 0 Å². The van der Waals surface area contributed by atoms with Gasteiger partial charge in [0.2, 0.25) is 0 Å². The molecule has 0 aliphatic rings. The molecule has 0 spiro atoms. The highest BCUT2D eigenvalue weighted by Crippen LogP contribution is 2.31. The zero-order chi connectivity index (χ0) is 22.6. The van der Waals surface area contributed by atoms with Gasteiger partial charge >= 0.3 is 0 Å². The van der Waals surface area contributed by atoms with Crippen molar-refractivity contribution in [3.63, 3.8) is 0 Å². The molecule has 6 nitrogen and oxygen atoms in total. The number of fused-ring (bicyclic) bond motifs is 2. The summed E-state index contributed by atoms with van der Waals surface area (Å²) in [6, 6.07) is 22.0. The van der Waals surface area contributed by atoms with Gasteiger partial charge in [0, 0.05) is 30.3 Å². The summed E-state index contributed by atoms with van der Waals surface area (Å²) in [5.41, 5.74) is 1.81. The SMILES string of the molecule is O=c1cc(-c2ccccc2)oc2cc(OCCCCNc3nc4ccccc4s3)cc(O)c12. The quantitative estimate of drug-likeness (QED) is 0.276. The summed E-state index contributed by atoms with van der Waals surface area (Å²) >= 11 is 1.64. The molecular weight excluding hydrogens is 436 g/mol. The van der Waals surface area contributed by atoms with Gasteiger partial charge in [-0.1, -0.05) is 53.8 Å². The van der Waals surface area contributed by atoms with E-state index >= 15 is 0 Å². The van der Waals surface area contributed by atoms with Crippen molar-refractivity contribution in [2.75, 3.05) is 18.5 Å². The number of ether oxygens (including phenoxy) is 1. The van der Waals surface area contributed by atoms with Crippen LogP contribution in [0, 0.1) is 0 Å². The van der Waals surface area contributed by atoms with E-state index < -0.39 is 0 Å². The molecule has 5 rings (SSSR count). The van der Waals surface area contributed by atoms with E-state index in [2.05, 4.69) is 16.4 Å². The number of phenolic OH excluding ortho intramolecular Hbond substituents is 1. The average molecular weight is 459 g/mol. The third kappa shape index (κ3) is 4.68. The molecular formula is C26H22N2O4S. The molecule has 0 radical (unpaired) electrons. The molecule has 0 saturated carbocycles. The van der Waals surface area contributed by atoms with Gasteiger partial charge in [0.15, 0.2) is 10.6 Å². The lowest BCUT2D eigenvalue weighted by Crippen LogP contribution is -2.05. The summed E-state index contributed by atoms with van der Waals surface area (Å²) in [5, 5.41) is 14.8. The van der Waals surface area contributed by atoms with Crippen LogP contribution in [0.3, 0.4) is 0 Å².